The van der Waals surface area contributed by atoms with Crippen molar-refractivity contribution in [2.45, 2.75) is 10.1 Å². The van der Waals surface area contributed by atoms with Crippen molar-refractivity contribution in [3.05, 3.63) is 76.6 Å². The number of carbonyl (C=O) groups is 1. The number of thiophene rings is 1. The van der Waals surface area contributed by atoms with Crippen molar-refractivity contribution in [2.24, 2.45) is 5.92 Å². The van der Waals surface area contributed by atoms with E-state index in [0.717, 1.165) is 41.4 Å². The molecule has 0 bridgehead atoms. The molecule has 3 aromatic rings. The van der Waals surface area contributed by atoms with Gasteiger partial charge in [-0.05, 0) is 42.0 Å². The Morgan fingerprint density at radius 1 is 0.944 bits per heavy atom. The molecule has 1 aromatic heterocycles. The number of benzene rings is 2. The van der Waals surface area contributed by atoms with Crippen LogP contribution in [0.1, 0.15) is 11.5 Å². The summed E-state index contributed by atoms with van der Waals surface area (Å²) in [5.41, 5.74) is 2.08. The standard InChI is InChI=1S/C26H28ClN3O4S2/c1-34-21-9-7-20(8-10-21)28-13-15-29(16-14-28)26(31)23-18-30(17-22(23)19-5-3-2-4-6-19)36(32,33)25-12-11-24(27)35-25/h2-12,22-23H,13-18H2,1H3. The van der Waals surface area contributed by atoms with Gasteiger partial charge in [-0.2, -0.15) is 4.31 Å². The minimum absolute atomic E-state index is 0.0140. The highest BCUT2D eigenvalue weighted by Crippen LogP contribution is 2.38. The van der Waals surface area contributed by atoms with Gasteiger partial charge < -0.3 is 14.5 Å². The summed E-state index contributed by atoms with van der Waals surface area (Å²) in [7, 11) is -2.08. The highest BCUT2D eigenvalue weighted by atomic mass is 35.5. The lowest BCUT2D eigenvalue weighted by Crippen LogP contribution is -2.51. The highest BCUT2D eigenvalue weighted by Gasteiger charge is 2.45. The van der Waals surface area contributed by atoms with Crippen LogP contribution < -0.4 is 9.64 Å². The van der Waals surface area contributed by atoms with Crippen molar-refractivity contribution in [2.75, 3.05) is 51.3 Å². The first kappa shape index (κ1) is 25.1. The van der Waals surface area contributed by atoms with Gasteiger partial charge in [-0.1, -0.05) is 41.9 Å². The van der Waals surface area contributed by atoms with Gasteiger partial charge in [0.25, 0.3) is 10.0 Å². The number of anilines is 1. The molecule has 2 unspecified atom stereocenters. The second-order valence-electron chi connectivity index (χ2n) is 9.01. The lowest BCUT2D eigenvalue weighted by atomic mass is 9.88. The monoisotopic (exact) mass is 545 g/mol. The molecule has 2 saturated heterocycles. The average Bonchev–Trinajstić information content (AvgIpc) is 3.57. The summed E-state index contributed by atoms with van der Waals surface area (Å²) >= 11 is 7.06. The third-order valence-electron chi connectivity index (χ3n) is 7.00. The third-order valence-corrected chi connectivity index (χ3v) is 10.5. The Bertz CT molecular complexity index is 1310. The molecular formula is C26H28ClN3O4S2. The number of halogens is 1. The summed E-state index contributed by atoms with van der Waals surface area (Å²) in [6.07, 6.45) is 0. The number of carbonyl (C=O) groups excluding carboxylic acids is 1. The van der Waals surface area contributed by atoms with Gasteiger partial charge in [0, 0.05) is 50.9 Å². The molecule has 3 heterocycles. The number of nitrogens with zero attached hydrogens (tertiary/aromatic N) is 3. The van der Waals surface area contributed by atoms with Crippen LogP contribution in [0.25, 0.3) is 0 Å². The SMILES string of the molecule is COc1ccc(N2CCN(C(=O)C3CN(S(=O)(=O)c4ccc(Cl)s4)CC3c3ccccc3)CC2)cc1. The molecule has 1 amide bonds. The second-order valence-corrected chi connectivity index (χ2v) is 12.9. The van der Waals surface area contributed by atoms with E-state index in [1.165, 1.54) is 10.4 Å². The topological polar surface area (TPSA) is 70.2 Å². The van der Waals surface area contributed by atoms with E-state index < -0.39 is 15.9 Å². The molecule has 0 N–H and O–H groups in total. The molecule has 190 valence electrons. The largest absolute Gasteiger partial charge is 0.497 e. The molecule has 5 rings (SSSR count). The van der Waals surface area contributed by atoms with Crippen LogP contribution in [0.3, 0.4) is 0 Å². The van der Waals surface area contributed by atoms with Gasteiger partial charge in [-0.25, -0.2) is 8.42 Å². The van der Waals surface area contributed by atoms with E-state index in [1.807, 2.05) is 59.5 Å². The van der Waals surface area contributed by atoms with E-state index in [-0.39, 0.29) is 29.1 Å². The van der Waals surface area contributed by atoms with Crippen LogP contribution in [0.4, 0.5) is 5.69 Å². The van der Waals surface area contributed by atoms with Crippen molar-refractivity contribution in [1.82, 2.24) is 9.21 Å². The molecular weight excluding hydrogens is 518 g/mol. The van der Waals surface area contributed by atoms with Gasteiger partial charge in [-0.3, -0.25) is 4.79 Å². The summed E-state index contributed by atoms with van der Waals surface area (Å²) < 4.78 is 34.0. The fourth-order valence-corrected chi connectivity index (χ4v) is 8.16. The lowest BCUT2D eigenvalue weighted by molar-refractivity contribution is -0.135. The van der Waals surface area contributed by atoms with E-state index >= 15 is 0 Å². The Morgan fingerprint density at radius 2 is 1.64 bits per heavy atom. The number of hydrogen-bond donors (Lipinski definition) is 0. The number of rotatable bonds is 6. The Morgan fingerprint density at radius 3 is 2.25 bits per heavy atom. The zero-order valence-corrected chi connectivity index (χ0v) is 22.3. The number of hydrogen-bond acceptors (Lipinski definition) is 6. The Balaban J connectivity index is 1.33. The fraction of sp³-hybridized carbons (Fsp3) is 0.346. The van der Waals surface area contributed by atoms with Crippen LogP contribution in [-0.4, -0.2) is 69.9 Å². The fourth-order valence-electron chi connectivity index (χ4n) is 5.03. The molecule has 0 spiro atoms. The van der Waals surface area contributed by atoms with Gasteiger partial charge in [0.05, 0.1) is 17.4 Å². The zero-order valence-electron chi connectivity index (χ0n) is 19.9. The first-order valence-electron chi connectivity index (χ1n) is 11.8. The first-order chi connectivity index (χ1) is 17.4. The number of methoxy groups -OCH3 is 1. The summed E-state index contributed by atoms with van der Waals surface area (Å²) in [5.74, 6) is 0.180. The van der Waals surface area contributed by atoms with E-state index in [1.54, 1.807) is 13.2 Å². The maximum atomic E-state index is 13.8. The molecule has 2 aromatic carbocycles. The average molecular weight is 546 g/mol. The number of sulfonamides is 1. The van der Waals surface area contributed by atoms with Crippen LogP contribution in [0, 0.1) is 5.92 Å². The van der Waals surface area contributed by atoms with Crippen molar-refractivity contribution in [1.29, 1.82) is 0 Å². The van der Waals surface area contributed by atoms with Crippen molar-refractivity contribution in [3.8, 4) is 5.75 Å². The van der Waals surface area contributed by atoms with Crippen LogP contribution in [0.15, 0.2) is 70.9 Å². The highest BCUT2D eigenvalue weighted by molar-refractivity contribution is 7.91. The molecule has 2 aliphatic rings. The first-order valence-corrected chi connectivity index (χ1v) is 14.5. The Hall–Kier alpha value is -2.59. The predicted molar refractivity (Wildman–Crippen MR) is 143 cm³/mol. The maximum absolute atomic E-state index is 13.8. The smallest absolute Gasteiger partial charge is 0.252 e. The van der Waals surface area contributed by atoms with Gasteiger partial charge in [0.15, 0.2) is 0 Å². The van der Waals surface area contributed by atoms with Crippen LogP contribution >= 0.6 is 22.9 Å². The van der Waals surface area contributed by atoms with Crippen molar-refractivity contribution in [3.63, 3.8) is 0 Å². The molecule has 10 heteroatoms. The van der Waals surface area contributed by atoms with Gasteiger partial charge in [-0.15, -0.1) is 11.3 Å². The predicted octanol–water partition coefficient (Wildman–Crippen LogP) is 4.16. The minimum atomic E-state index is -3.73. The normalized spacial score (nSPS) is 21.1. The van der Waals surface area contributed by atoms with Gasteiger partial charge >= 0.3 is 0 Å². The molecule has 0 aliphatic carbocycles. The lowest BCUT2D eigenvalue weighted by Gasteiger charge is -2.38. The Labute approximate surface area is 220 Å². The summed E-state index contributed by atoms with van der Waals surface area (Å²) in [6.45, 7) is 3.05. The third kappa shape index (κ3) is 4.98. The molecule has 2 atom stereocenters. The van der Waals surface area contributed by atoms with E-state index in [9.17, 15) is 13.2 Å². The summed E-state index contributed by atoms with van der Waals surface area (Å²) in [5, 5.41) is 0. The van der Waals surface area contributed by atoms with Crippen molar-refractivity contribution >= 4 is 44.6 Å². The summed E-state index contributed by atoms with van der Waals surface area (Å²) in [6, 6.07) is 20.8. The minimum Gasteiger partial charge on any atom is -0.497 e. The molecule has 36 heavy (non-hydrogen) atoms. The van der Waals surface area contributed by atoms with E-state index in [2.05, 4.69) is 4.90 Å². The van der Waals surface area contributed by atoms with Crippen LogP contribution in [0.5, 0.6) is 5.75 Å². The molecule has 2 aliphatic heterocycles. The number of ether oxygens (including phenoxy) is 1. The maximum Gasteiger partial charge on any atom is 0.252 e. The molecule has 7 nitrogen and oxygen atoms in total. The van der Waals surface area contributed by atoms with E-state index in [0.29, 0.717) is 17.4 Å². The van der Waals surface area contributed by atoms with Crippen molar-refractivity contribution < 1.29 is 17.9 Å². The van der Waals surface area contributed by atoms with Gasteiger partial charge in [0.2, 0.25) is 5.91 Å². The molecule has 0 saturated carbocycles. The van der Waals surface area contributed by atoms with Crippen LogP contribution in [-0.2, 0) is 14.8 Å². The number of amides is 1. The van der Waals surface area contributed by atoms with Crippen LogP contribution in [0.2, 0.25) is 4.34 Å². The number of piperazine rings is 1. The zero-order chi connectivity index (χ0) is 25.3. The molecule has 2 fully saturated rings. The van der Waals surface area contributed by atoms with E-state index in [4.69, 9.17) is 16.3 Å². The molecule has 0 radical (unpaired) electrons. The summed E-state index contributed by atoms with van der Waals surface area (Å²) in [4.78, 5) is 17.9. The Kier molecular flexibility index (Phi) is 7.25. The van der Waals surface area contributed by atoms with Gasteiger partial charge in [0.1, 0.15) is 9.96 Å². The second kappa shape index (κ2) is 10.4. The quantitative estimate of drug-likeness (QED) is 0.465.